The standard InChI is InChI=1S/C13H13F3N2O4/c1-3-22-12(13(14,15)16)10(19)18(11(20)17-12)8-4-6-9(21-2)7-5-8/h4-7H,3H2,1-2H3,(H,17,20)/t12-/m0/s1. The summed E-state index contributed by atoms with van der Waals surface area (Å²) in [6.45, 7) is 0.894. The van der Waals surface area contributed by atoms with Crippen molar-refractivity contribution in [2.24, 2.45) is 0 Å². The van der Waals surface area contributed by atoms with Gasteiger partial charge in [0.15, 0.2) is 0 Å². The first-order valence-corrected chi connectivity index (χ1v) is 6.28. The molecule has 1 heterocycles. The summed E-state index contributed by atoms with van der Waals surface area (Å²) in [6.07, 6.45) is -5.09. The largest absolute Gasteiger partial charge is 0.497 e. The monoisotopic (exact) mass is 318 g/mol. The molecule has 0 spiro atoms. The van der Waals surface area contributed by atoms with Crippen LogP contribution in [0.5, 0.6) is 5.75 Å². The molecule has 0 bridgehead atoms. The molecule has 6 nitrogen and oxygen atoms in total. The van der Waals surface area contributed by atoms with Gasteiger partial charge in [0.1, 0.15) is 5.75 Å². The van der Waals surface area contributed by atoms with E-state index < -0.39 is 30.4 Å². The minimum absolute atomic E-state index is 0.0193. The van der Waals surface area contributed by atoms with Crippen LogP contribution in [0.25, 0.3) is 0 Å². The lowest BCUT2D eigenvalue weighted by Crippen LogP contribution is -2.60. The molecular formula is C13H13F3N2O4. The Hall–Kier alpha value is -2.29. The molecule has 22 heavy (non-hydrogen) atoms. The second-order valence-electron chi connectivity index (χ2n) is 4.38. The Kier molecular flexibility index (Phi) is 4.01. The number of hydrogen-bond donors (Lipinski definition) is 1. The van der Waals surface area contributed by atoms with Gasteiger partial charge in [-0.2, -0.15) is 13.2 Å². The minimum atomic E-state index is -5.09. The molecule has 0 radical (unpaired) electrons. The van der Waals surface area contributed by atoms with E-state index in [1.807, 2.05) is 0 Å². The molecule has 1 atom stereocenters. The number of nitrogens with one attached hydrogen (secondary N) is 1. The number of imide groups is 1. The number of rotatable bonds is 4. The highest BCUT2D eigenvalue weighted by atomic mass is 19.4. The molecule has 9 heteroatoms. The molecule has 1 aromatic carbocycles. The van der Waals surface area contributed by atoms with Gasteiger partial charge in [-0.05, 0) is 31.2 Å². The van der Waals surface area contributed by atoms with E-state index in [-0.39, 0.29) is 5.69 Å². The lowest BCUT2D eigenvalue weighted by molar-refractivity contribution is -0.267. The molecule has 120 valence electrons. The van der Waals surface area contributed by atoms with Crippen molar-refractivity contribution in [2.45, 2.75) is 18.8 Å². The number of carbonyl (C=O) groups excluding carboxylic acids is 2. The van der Waals surface area contributed by atoms with Crippen LogP contribution in [-0.2, 0) is 9.53 Å². The van der Waals surface area contributed by atoms with E-state index in [4.69, 9.17) is 4.74 Å². The van der Waals surface area contributed by atoms with Gasteiger partial charge in [-0.25, -0.2) is 9.69 Å². The summed E-state index contributed by atoms with van der Waals surface area (Å²) in [5.41, 5.74) is -3.38. The van der Waals surface area contributed by atoms with Crippen molar-refractivity contribution in [1.82, 2.24) is 5.32 Å². The van der Waals surface area contributed by atoms with Crippen LogP contribution in [0.15, 0.2) is 24.3 Å². The van der Waals surface area contributed by atoms with Gasteiger partial charge in [0, 0.05) is 6.61 Å². The average Bonchev–Trinajstić information content (AvgIpc) is 2.71. The number of methoxy groups -OCH3 is 1. The van der Waals surface area contributed by atoms with Gasteiger partial charge >= 0.3 is 17.9 Å². The molecule has 0 saturated carbocycles. The number of amides is 3. The summed E-state index contributed by atoms with van der Waals surface area (Å²) < 4.78 is 49.2. The number of carbonyl (C=O) groups is 2. The van der Waals surface area contributed by atoms with Crippen LogP contribution in [-0.4, -0.2) is 37.6 Å². The highest BCUT2D eigenvalue weighted by molar-refractivity contribution is 6.23. The van der Waals surface area contributed by atoms with Crippen LogP contribution in [0, 0.1) is 0 Å². The Balaban J connectivity index is 2.42. The van der Waals surface area contributed by atoms with Crippen molar-refractivity contribution in [3.8, 4) is 5.75 Å². The number of anilines is 1. The summed E-state index contributed by atoms with van der Waals surface area (Å²) in [6, 6.07) is 4.23. The highest BCUT2D eigenvalue weighted by Crippen LogP contribution is 2.38. The van der Waals surface area contributed by atoms with Crippen molar-refractivity contribution < 1.29 is 32.2 Å². The number of halogens is 3. The first-order valence-electron chi connectivity index (χ1n) is 6.28. The van der Waals surface area contributed by atoms with Gasteiger partial charge in [0.25, 0.3) is 5.91 Å². The van der Waals surface area contributed by atoms with Gasteiger partial charge in [0.2, 0.25) is 0 Å². The van der Waals surface area contributed by atoms with Gasteiger partial charge in [-0.15, -0.1) is 0 Å². The van der Waals surface area contributed by atoms with Crippen LogP contribution in [0.1, 0.15) is 6.92 Å². The maximum atomic E-state index is 13.2. The fourth-order valence-electron chi connectivity index (χ4n) is 2.06. The highest BCUT2D eigenvalue weighted by Gasteiger charge is 2.69. The quantitative estimate of drug-likeness (QED) is 0.863. The summed E-state index contributed by atoms with van der Waals surface area (Å²) in [5.74, 6) is -1.10. The van der Waals surface area contributed by atoms with Gasteiger partial charge in [-0.3, -0.25) is 10.1 Å². The van der Waals surface area contributed by atoms with Crippen molar-refractivity contribution in [1.29, 1.82) is 0 Å². The Morgan fingerprint density at radius 1 is 1.23 bits per heavy atom. The predicted octanol–water partition coefficient (Wildman–Crippen LogP) is 2.05. The number of nitrogens with zero attached hydrogens (tertiary/aromatic N) is 1. The molecule has 1 aliphatic rings. The van der Waals surface area contributed by atoms with E-state index in [1.54, 1.807) is 5.32 Å². The molecule has 0 aliphatic carbocycles. The van der Waals surface area contributed by atoms with E-state index in [0.717, 1.165) is 0 Å². The number of benzene rings is 1. The fraction of sp³-hybridized carbons (Fsp3) is 0.385. The van der Waals surface area contributed by atoms with Gasteiger partial charge in [0.05, 0.1) is 12.8 Å². The Morgan fingerprint density at radius 3 is 2.27 bits per heavy atom. The second kappa shape index (κ2) is 5.48. The predicted molar refractivity (Wildman–Crippen MR) is 69.4 cm³/mol. The van der Waals surface area contributed by atoms with Crippen LogP contribution in [0.4, 0.5) is 23.7 Å². The zero-order valence-corrected chi connectivity index (χ0v) is 11.7. The zero-order chi connectivity index (χ0) is 16.5. The van der Waals surface area contributed by atoms with Gasteiger partial charge in [-0.1, -0.05) is 0 Å². The van der Waals surface area contributed by atoms with Gasteiger partial charge < -0.3 is 9.47 Å². The number of hydrogen-bond acceptors (Lipinski definition) is 4. The average molecular weight is 318 g/mol. The summed E-state index contributed by atoms with van der Waals surface area (Å²) >= 11 is 0. The molecule has 1 fully saturated rings. The topological polar surface area (TPSA) is 67.9 Å². The first kappa shape index (κ1) is 16.1. The Bertz CT molecular complexity index is 588. The van der Waals surface area contributed by atoms with E-state index in [2.05, 4.69) is 4.74 Å². The van der Waals surface area contributed by atoms with E-state index >= 15 is 0 Å². The number of urea groups is 1. The molecule has 3 amide bonds. The zero-order valence-electron chi connectivity index (χ0n) is 11.7. The molecule has 1 saturated heterocycles. The molecule has 1 aromatic rings. The molecular weight excluding hydrogens is 305 g/mol. The van der Waals surface area contributed by atoms with Crippen LogP contribution in [0.2, 0.25) is 0 Å². The van der Waals surface area contributed by atoms with E-state index in [9.17, 15) is 22.8 Å². The molecule has 2 rings (SSSR count). The van der Waals surface area contributed by atoms with Crippen molar-refractivity contribution in [3.63, 3.8) is 0 Å². The van der Waals surface area contributed by atoms with Crippen molar-refractivity contribution >= 4 is 17.6 Å². The van der Waals surface area contributed by atoms with Crippen molar-refractivity contribution in [2.75, 3.05) is 18.6 Å². The third-order valence-corrected chi connectivity index (χ3v) is 3.08. The fourth-order valence-corrected chi connectivity index (χ4v) is 2.06. The number of ether oxygens (including phenoxy) is 2. The molecule has 0 unspecified atom stereocenters. The lowest BCUT2D eigenvalue weighted by Gasteiger charge is -2.28. The van der Waals surface area contributed by atoms with Crippen LogP contribution < -0.4 is 15.0 Å². The summed E-state index contributed by atoms with van der Waals surface area (Å²) in [7, 11) is 1.41. The normalized spacial score (nSPS) is 22.0. The third-order valence-electron chi connectivity index (χ3n) is 3.08. The van der Waals surface area contributed by atoms with Crippen LogP contribution in [0.3, 0.4) is 0 Å². The maximum absolute atomic E-state index is 13.2. The Labute approximate surface area is 123 Å². The maximum Gasteiger partial charge on any atom is 0.446 e. The third kappa shape index (κ3) is 2.37. The smallest absolute Gasteiger partial charge is 0.446 e. The van der Waals surface area contributed by atoms with E-state index in [0.29, 0.717) is 10.6 Å². The SMILES string of the molecule is CCO[C@@]1(C(F)(F)F)NC(=O)N(c2ccc(OC)cc2)C1=O. The van der Waals surface area contributed by atoms with Crippen molar-refractivity contribution in [3.05, 3.63) is 24.3 Å². The van der Waals surface area contributed by atoms with E-state index in [1.165, 1.54) is 38.3 Å². The first-order chi connectivity index (χ1) is 10.3. The summed E-state index contributed by atoms with van der Waals surface area (Å²) in [4.78, 5) is 24.4. The minimum Gasteiger partial charge on any atom is -0.497 e. The Morgan fingerprint density at radius 2 is 1.82 bits per heavy atom. The lowest BCUT2D eigenvalue weighted by atomic mass is 10.2. The van der Waals surface area contributed by atoms with Crippen LogP contribution >= 0.6 is 0 Å². The molecule has 1 N–H and O–H groups in total. The molecule has 0 aromatic heterocycles. The second-order valence-corrected chi connectivity index (χ2v) is 4.38. The molecule has 1 aliphatic heterocycles. The number of alkyl halides is 3. The summed E-state index contributed by atoms with van der Waals surface area (Å²) in [5, 5.41) is 1.59.